The van der Waals surface area contributed by atoms with E-state index in [1.807, 2.05) is 18.2 Å². The lowest BCUT2D eigenvalue weighted by Crippen LogP contribution is -2.24. The van der Waals surface area contributed by atoms with Crippen LogP contribution in [0.1, 0.15) is 20.7 Å². The van der Waals surface area contributed by atoms with E-state index in [2.05, 4.69) is 27.9 Å². The zero-order chi connectivity index (χ0) is 17.3. The third-order valence-corrected chi connectivity index (χ3v) is 4.46. The van der Waals surface area contributed by atoms with Crippen molar-refractivity contribution in [1.29, 1.82) is 0 Å². The molecule has 0 saturated carbocycles. The second-order valence-corrected chi connectivity index (χ2v) is 6.36. The number of fused-ring (bicyclic) bond motifs is 1. The predicted molar refractivity (Wildman–Crippen MR) is 96.1 cm³/mol. The van der Waals surface area contributed by atoms with E-state index < -0.39 is 0 Å². The van der Waals surface area contributed by atoms with Crippen LogP contribution in [-0.4, -0.2) is 36.3 Å². The first kappa shape index (κ1) is 16.4. The van der Waals surface area contributed by atoms with Gasteiger partial charge in [-0.1, -0.05) is 12.1 Å². The summed E-state index contributed by atoms with van der Waals surface area (Å²) >= 11 is 2.13. The van der Waals surface area contributed by atoms with Gasteiger partial charge in [0, 0.05) is 12.7 Å². The fraction of sp³-hybridized carbons (Fsp3) is 0.118. The molecule has 122 valence electrons. The average Bonchev–Trinajstić information content (AvgIpc) is 2.78. The van der Waals surface area contributed by atoms with Gasteiger partial charge in [-0.3, -0.25) is 19.3 Å². The maximum Gasteiger partial charge on any atom is 0.262 e. The summed E-state index contributed by atoms with van der Waals surface area (Å²) in [6.45, 7) is -0.149. The zero-order valence-electron chi connectivity index (χ0n) is 12.7. The maximum absolute atomic E-state index is 12.0. The van der Waals surface area contributed by atoms with E-state index in [9.17, 15) is 14.4 Å². The fourth-order valence-corrected chi connectivity index (χ4v) is 2.88. The molecule has 3 amide bonds. The highest BCUT2D eigenvalue weighted by Crippen LogP contribution is 2.25. The summed E-state index contributed by atoms with van der Waals surface area (Å²) in [5.41, 5.74) is 1.08. The van der Waals surface area contributed by atoms with E-state index in [1.54, 1.807) is 12.1 Å². The second kappa shape index (κ2) is 6.60. The molecular formula is C17H13IN2O4. The molecule has 0 atom stereocenters. The summed E-state index contributed by atoms with van der Waals surface area (Å²) in [5, 5.41) is 2.66. The first-order valence-corrected chi connectivity index (χ1v) is 8.19. The van der Waals surface area contributed by atoms with E-state index >= 15 is 0 Å². The van der Waals surface area contributed by atoms with E-state index in [1.165, 1.54) is 19.2 Å². The molecule has 2 aromatic rings. The summed E-state index contributed by atoms with van der Waals surface area (Å²) in [4.78, 5) is 36.8. The number of halogens is 1. The number of hydrogen-bond acceptors (Lipinski definition) is 4. The number of nitrogens with zero attached hydrogens (tertiary/aromatic N) is 1. The van der Waals surface area contributed by atoms with Crippen molar-refractivity contribution >= 4 is 46.0 Å². The van der Waals surface area contributed by atoms with E-state index in [0.717, 1.165) is 8.47 Å². The van der Waals surface area contributed by atoms with Crippen molar-refractivity contribution in [1.82, 2.24) is 4.90 Å². The number of nitrogens with one attached hydrogen (secondary N) is 1. The zero-order valence-corrected chi connectivity index (χ0v) is 14.9. The van der Waals surface area contributed by atoms with Crippen LogP contribution in [0.25, 0.3) is 0 Å². The lowest BCUT2D eigenvalue weighted by atomic mass is 10.1. The van der Waals surface area contributed by atoms with Crippen LogP contribution in [0.15, 0.2) is 42.5 Å². The topological polar surface area (TPSA) is 75.7 Å². The minimum atomic E-state index is -0.374. The van der Waals surface area contributed by atoms with Gasteiger partial charge in [0.2, 0.25) is 0 Å². The first-order chi connectivity index (χ1) is 11.5. The summed E-state index contributed by atoms with van der Waals surface area (Å²) in [6.07, 6.45) is 0. The number of rotatable bonds is 4. The minimum Gasteiger partial charge on any atom is -0.483 e. The molecule has 7 heteroatoms. The SMILES string of the molecule is CN1C(=O)c2ccc(NC(=O)COc3ccccc3I)cc2C1=O. The molecule has 0 bridgehead atoms. The van der Waals surface area contributed by atoms with Gasteiger partial charge < -0.3 is 10.1 Å². The summed E-state index contributed by atoms with van der Waals surface area (Å²) < 4.78 is 6.38. The third-order valence-electron chi connectivity index (χ3n) is 3.57. The Morgan fingerprint density at radius 2 is 1.83 bits per heavy atom. The number of carbonyl (C=O) groups excluding carboxylic acids is 3. The molecular weight excluding hydrogens is 423 g/mol. The largest absolute Gasteiger partial charge is 0.483 e. The number of amides is 3. The predicted octanol–water partition coefficient (Wildman–Crippen LogP) is 2.53. The molecule has 24 heavy (non-hydrogen) atoms. The standard InChI is InChI=1S/C17H13IN2O4/c1-20-16(22)11-7-6-10(8-12(11)17(20)23)19-15(21)9-24-14-5-3-2-4-13(14)18/h2-8H,9H2,1H3,(H,19,21). The second-order valence-electron chi connectivity index (χ2n) is 5.20. The van der Waals surface area contributed by atoms with Crippen LogP contribution in [0.3, 0.4) is 0 Å². The van der Waals surface area contributed by atoms with Crippen LogP contribution in [0, 0.1) is 3.57 Å². The van der Waals surface area contributed by atoms with Crippen molar-refractivity contribution in [2.24, 2.45) is 0 Å². The lowest BCUT2D eigenvalue weighted by Gasteiger charge is -2.09. The van der Waals surface area contributed by atoms with Crippen LogP contribution in [-0.2, 0) is 4.79 Å². The molecule has 0 fully saturated rings. The molecule has 0 aromatic heterocycles. The van der Waals surface area contributed by atoms with Gasteiger partial charge in [0.1, 0.15) is 5.75 Å². The normalized spacial score (nSPS) is 13.0. The van der Waals surface area contributed by atoms with Gasteiger partial charge in [-0.25, -0.2) is 0 Å². The molecule has 1 aliphatic heterocycles. The van der Waals surface area contributed by atoms with Gasteiger partial charge in [0.05, 0.1) is 14.7 Å². The lowest BCUT2D eigenvalue weighted by molar-refractivity contribution is -0.118. The molecule has 1 heterocycles. The Labute approximate surface area is 151 Å². The van der Waals surface area contributed by atoms with Crippen LogP contribution in [0.4, 0.5) is 5.69 Å². The van der Waals surface area contributed by atoms with Crippen LogP contribution >= 0.6 is 22.6 Å². The van der Waals surface area contributed by atoms with Crippen molar-refractivity contribution in [3.05, 3.63) is 57.2 Å². The van der Waals surface area contributed by atoms with Gasteiger partial charge in [0.25, 0.3) is 17.7 Å². The molecule has 0 spiro atoms. The van der Waals surface area contributed by atoms with Crippen molar-refractivity contribution in [3.8, 4) is 5.75 Å². The van der Waals surface area contributed by atoms with Crippen molar-refractivity contribution in [2.75, 3.05) is 19.0 Å². The summed E-state index contributed by atoms with van der Waals surface area (Å²) in [6, 6.07) is 12.0. The monoisotopic (exact) mass is 436 g/mol. The Morgan fingerprint density at radius 3 is 2.58 bits per heavy atom. The highest BCUT2D eigenvalue weighted by atomic mass is 127. The molecule has 1 N–H and O–H groups in total. The number of anilines is 1. The molecule has 1 aliphatic rings. The van der Waals surface area contributed by atoms with Gasteiger partial charge in [-0.05, 0) is 52.9 Å². The molecule has 0 radical (unpaired) electrons. The molecule has 0 unspecified atom stereocenters. The number of para-hydroxylation sites is 1. The molecule has 6 nitrogen and oxygen atoms in total. The van der Waals surface area contributed by atoms with Crippen molar-refractivity contribution in [3.63, 3.8) is 0 Å². The Morgan fingerprint density at radius 1 is 1.12 bits per heavy atom. The first-order valence-electron chi connectivity index (χ1n) is 7.11. The minimum absolute atomic E-state index is 0.149. The average molecular weight is 436 g/mol. The highest BCUT2D eigenvalue weighted by Gasteiger charge is 2.32. The molecule has 0 saturated heterocycles. The number of carbonyl (C=O) groups is 3. The van der Waals surface area contributed by atoms with Crippen LogP contribution in [0.5, 0.6) is 5.75 Å². The van der Waals surface area contributed by atoms with Gasteiger partial charge in [-0.2, -0.15) is 0 Å². The summed E-state index contributed by atoms with van der Waals surface area (Å²) in [5.74, 6) is -0.430. The number of imide groups is 1. The van der Waals surface area contributed by atoms with Gasteiger partial charge in [-0.15, -0.1) is 0 Å². The number of hydrogen-bond donors (Lipinski definition) is 1. The molecule has 2 aromatic carbocycles. The van der Waals surface area contributed by atoms with E-state index in [4.69, 9.17) is 4.74 Å². The van der Waals surface area contributed by atoms with Gasteiger partial charge in [0.15, 0.2) is 6.61 Å². The highest BCUT2D eigenvalue weighted by molar-refractivity contribution is 14.1. The van der Waals surface area contributed by atoms with E-state index in [0.29, 0.717) is 22.6 Å². The van der Waals surface area contributed by atoms with Crippen LogP contribution < -0.4 is 10.1 Å². The Bertz CT molecular complexity index is 850. The third kappa shape index (κ3) is 3.12. The van der Waals surface area contributed by atoms with Gasteiger partial charge >= 0.3 is 0 Å². The van der Waals surface area contributed by atoms with Crippen molar-refractivity contribution < 1.29 is 19.1 Å². The molecule has 3 rings (SSSR count). The Kier molecular flexibility index (Phi) is 4.52. The summed E-state index contributed by atoms with van der Waals surface area (Å²) in [7, 11) is 1.43. The van der Waals surface area contributed by atoms with E-state index in [-0.39, 0.29) is 24.3 Å². The fourth-order valence-electron chi connectivity index (χ4n) is 2.34. The maximum atomic E-state index is 12.0. The number of ether oxygens (including phenoxy) is 1. The van der Waals surface area contributed by atoms with Crippen molar-refractivity contribution in [2.45, 2.75) is 0 Å². The molecule has 0 aliphatic carbocycles. The van der Waals surface area contributed by atoms with Crippen LogP contribution in [0.2, 0.25) is 0 Å². The number of benzene rings is 2. The smallest absolute Gasteiger partial charge is 0.262 e. The Hall–Kier alpha value is -2.42. The Balaban J connectivity index is 1.67. The quantitative estimate of drug-likeness (QED) is 0.591.